The summed E-state index contributed by atoms with van der Waals surface area (Å²) in [4.78, 5) is 10.4. The van der Waals surface area contributed by atoms with Crippen molar-refractivity contribution in [1.82, 2.24) is 5.32 Å². The Bertz CT molecular complexity index is 143. The third kappa shape index (κ3) is 1.60. The molecule has 2 amide bonds. The quantitative estimate of drug-likeness (QED) is 0.577. The van der Waals surface area contributed by atoms with Crippen LogP contribution < -0.4 is 11.1 Å². The number of rotatable bonds is 3. The molecule has 0 aromatic heterocycles. The fourth-order valence-electron chi connectivity index (χ4n) is 0.994. The zero-order valence-corrected chi connectivity index (χ0v) is 6.02. The van der Waals surface area contributed by atoms with Crippen molar-refractivity contribution in [2.75, 3.05) is 13.7 Å². The number of carbonyl (C=O) groups excluding carboxylic acids is 1. The van der Waals surface area contributed by atoms with Crippen molar-refractivity contribution in [1.29, 1.82) is 0 Å². The number of carbonyl (C=O) groups is 1. The number of ether oxygens (including phenoxy) is 1. The van der Waals surface area contributed by atoms with Gasteiger partial charge in [-0.3, -0.25) is 0 Å². The molecule has 3 N–H and O–H groups in total. The van der Waals surface area contributed by atoms with Crippen molar-refractivity contribution < 1.29 is 9.53 Å². The monoisotopic (exact) mass is 144 g/mol. The van der Waals surface area contributed by atoms with Gasteiger partial charge in [-0.1, -0.05) is 0 Å². The molecule has 1 aliphatic carbocycles. The molecule has 0 radical (unpaired) electrons. The molecular formula is C6H12N2O2. The number of methoxy groups -OCH3 is 1. The molecule has 58 valence electrons. The Kier molecular flexibility index (Phi) is 1.80. The molecule has 0 unspecified atom stereocenters. The lowest BCUT2D eigenvalue weighted by molar-refractivity contribution is 0.159. The Balaban J connectivity index is 2.30. The minimum Gasteiger partial charge on any atom is -0.382 e. The average molecular weight is 144 g/mol. The van der Waals surface area contributed by atoms with Crippen LogP contribution in [0.5, 0.6) is 0 Å². The Morgan fingerprint density at radius 3 is 2.70 bits per heavy atom. The molecule has 1 fully saturated rings. The Hall–Kier alpha value is -0.770. The number of amides is 2. The molecule has 1 rings (SSSR count). The summed E-state index contributed by atoms with van der Waals surface area (Å²) in [6.07, 6.45) is 1.95. The van der Waals surface area contributed by atoms with Gasteiger partial charge in [-0.25, -0.2) is 4.79 Å². The Morgan fingerprint density at radius 2 is 2.40 bits per heavy atom. The van der Waals surface area contributed by atoms with E-state index < -0.39 is 6.03 Å². The van der Waals surface area contributed by atoms with Crippen LogP contribution in [0.1, 0.15) is 12.8 Å². The molecule has 1 saturated carbocycles. The fraction of sp³-hybridized carbons (Fsp3) is 0.833. The summed E-state index contributed by atoms with van der Waals surface area (Å²) >= 11 is 0. The summed E-state index contributed by atoms with van der Waals surface area (Å²) in [6.45, 7) is 0.565. The van der Waals surface area contributed by atoms with E-state index >= 15 is 0 Å². The molecule has 1 aliphatic rings. The fourth-order valence-corrected chi connectivity index (χ4v) is 0.994. The molecule has 0 spiro atoms. The summed E-state index contributed by atoms with van der Waals surface area (Å²) in [5.41, 5.74) is 4.82. The maximum absolute atomic E-state index is 10.4. The van der Waals surface area contributed by atoms with Crippen molar-refractivity contribution in [3.63, 3.8) is 0 Å². The van der Waals surface area contributed by atoms with Gasteiger partial charge in [0.2, 0.25) is 0 Å². The number of hydrogen-bond acceptors (Lipinski definition) is 2. The first-order chi connectivity index (χ1) is 4.68. The topological polar surface area (TPSA) is 64.3 Å². The summed E-state index contributed by atoms with van der Waals surface area (Å²) in [6, 6.07) is -0.463. The largest absolute Gasteiger partial charge is 0.382 e. The van der Waals surface area contributed by atoms with Gasteiger partial charge in [0.15, 0.2) is 0 Å². The van der Waals surface area contributed by atoms with Gasteiger partial charge in [0, 0.05) is 7.11 Å². The highest BCUT2D eigenvalue weighted by atomic mass is 16.5. The summed E-state index contributed by atoms with van der Waals surface area (Å²) in [7, 11) is 1.61. The van der Waals surface area contributed by atoms with Crippen LogP contribution in [0.4, 0.5) is 4.79 Å². The summed E-state index contributed by atoms with van der Waals surface area (Å²) in [5.74, 6) is 0. The van der Waals surface area contributed by atoms with Gasteiger partial charge < -0.3 is 15.8 Å². The predicted octanol–water partition coefficient (Wildman–Crippen LogP) is -0.166. The number of primary amides is 1. The number of hydrogen-bond donors (Lipinski definition) is 2. The van der Waals surface area contributed by atoms with Crippen LogP contribution >= 0.6 is 0 Å². The standard InChI is InChI=1S/C6H12N2O2/c1-10-4-6(2-3-6)8-5(7)9/h2-4H2,1H3,(H3,7,8,9). The van der Waals surface area contributed by atoms with Crippen LogP contribution in [0, 0.1) is 0 Å². The number of nitrogens with one attached hydrogen (secondary N) is 1. The Labute approximate surface area is 59.7 Å². The zero-order chi connectivity index (χ0) is 7.61. The normalized spacial score (nSPS) is 20.1. The van der Waals surface area contributed by atoms with Gasteiger partial charge in [-0.05, 0) is 12.8 Å². The van der Waals surface area contributed by atoms with Crippen LogP contribution in [-0.4, -0.2) is 25.3 Å². The first-order valence-corrected chi connectivity index (χ1v) is 3.25. The van der Waals surface area contributed by atoms with E-state index in [1.54, 1.807) is 7.11 Å². The van der Waals surface area contributed by atoms with E-state index in [9.17, 15) is 4.79 Å². The number of nitrogens with two attached hydrogens (primary N) is 1. The van der Waals surface area contributed by atoms with Gasteiger partial charge in [-0.15, -0.1) is 0 Å². The highest BCUT2D eigenvalue weighted by Crippen LogP contribution is 2.34. The second-order valence-electron chi connectivity index (χ2n) is 2.70. The van der Waals surface area contributed by atoms with E-state index in [-0.39, 0.29) is 5.54 Å². The molecule has 0 aromatic rings. The minimum absolute atomic E-state index is 0.124. The molecule has 0 heterocycles. The lowest BCUT2D eigenvalue weighted by Crippen LogP contribution is -2.43. The lowest BCUT2D eigenvalue weighted by Gasteiger charge is -2.13. The first-order valence-electron chi connectivity index (χ1n) is 3.25. The van der Waals surface area contributed by atoms with Crippen molar-refractivity contribution in [3.05, 3.63) is 0 Å². The smallest absolute Gasteiger partial charge is 0.312 e. The van der Waals surface area contributed by atoms with E-state index in [2.05, 4.69) is 5.32 Å². The van der Waals surface area contributed by atoms with Crippen LogP contribution in [0.15, 0.2) is 0 Å². The minimum atomic E-state index is -0.463. The zero-order valence-electron chi connectivity index (χ0n) is 6.02. The van der Waals surface area contributed by atoms with E-state index in [4.69, 9.17) is 10.5 Å². The van der Waals surface area contributed by atoms with Crippen molar-refractivity contribution >= 4 is 6.03 Å². The highest BCUT2D eigenvalue weighted by Gasteiger charge is 2.43. The van der Waals surface area contributed by atoms with E-state index in [0.29, 0.717) is 6.61 Å². The lowest BCUT2D eigenvalue weighted by atomic mass is 10.3. The summed E-state index contributed by atoms with van der Waals surface area (Å²) in [5, 5.41) is 2.64. The third-order valence-electron chi connectivity index (χ3n) is 1.66. The predicted molar refractivity (Wildman–Crippen MR) is 36.6 cm³/mol. The summed E-state index contributed by atoms with van der Waals surface area (Å²) < 4.78 is 4.90. The molecule has 4 nitrogen and oxygen atoms in total. The van der Waals surface area contributed by atoms with Crippen molar-refractivity contribution in [2.24, 2.45) is 5.73 Å². The van der Waals surface area contributed by atoms with Crippen LogP contribution in [-0.2, 0) is 4.74 Å². The van der Waals surface area contributed by atoms with Gasteiger partial charge in [-0.2, -0.15) is 0 Å². The van der Waals surface area contributed by atoms with Crippen LogP contribution in [0.2, 0.25) is 0 Å². The van der Waals surface area contributed by atoms with Crippen molar-refractivity contribution in [2.45, 2.75) is 18.4 Å². The SMILES string of the molecule is COCC1(NC(N)=O)CC1. The molecule has 10 heavy (non-hydrogen) atoms. The van der Waals surface area contributed by atoms with E-state index in [1.165, 1.54) is 0 Å². The number of urea groups is 1. The highest BCUT2D eigenvalue weighted by molar-refractivity contribution is 5.73. The maximum Gasteiger partial charge on any atom is 0.312 e. The third-order valence-corrected chi connectivity index (χ3v) is 1.66. The molecule has 4 heteroatoms. The van der Waals surface area contributed by atoms with Gasteiger partial charge in [0.05, 0.1) is 12.1 Å². The van der Waals surface area contributed by atoms with Crippen molar-refractivity contribution in [3.8, 4) is 0 Å². The molecule has 0 atom stereocenters. The van der Waals surface area contributed by atoms with Crippen LogP contribution in [0.25, 0.3) is 0 Å². The molecule has 0 aromatic carbocycles. The van der Waals surface area contributed by atoms with E-state index in [1.807, 2.05) is 0 Å². The Morgan fingerprint density at radius 1 is 1.80 bits per heavy atom. The second kappa shape index (κ2) is 2.46. The van der Waals surface area contributed by atoms with Crippen LogP contribution in [0.3, 0.4) is 0 Å². The van der Waals surface area contributed by atoms with Gasteiger partial charge in [0.1, 0.15) is 0 Å². The molecule has 0 saturated heterocycles. The maximum atomic E-state index is 10.4. The first kappa shape index (κ1) is 7.34. The van der Waals surface area contributed by atoms with Gasteiger partial charge in [0.25, 0.3) is 0 Å². The van der Waals surface area contributed by atoms with E-state index in [0.717, 1.165) is 12.8 Å². The second-order valence-corrected chi connectivity index (χ2v) is 2.70. The molecular weight excluding hydrogens is 132 g/mol. The van der Waals surface area contributed by atoms with Gasteiger partial charge >= 0.3 is 6.03 Å². The average Bonchev–Trinajstić information content (AvgIpc) is 2.47. The molecule has 0 bridgehead atoms. The molecule has 0 aliphatic heterocycles.